The first-order chi connectivity index (χ1) is 15.5. The number of rotatable bonds is 8. The Hall–Kier alpha value is -2.79. The average molecular weight is 504 g/mol. The number of hydrogen-bond acceptors (Lipinski definition) is 5. The Morgan fingerprint density at radius 1 is 0.727 bits per heavy atom. The number of anilines is 1. The van der Waals surface area contributed by atoms with Crippen molar-refractivity contribution in [2.75, 3.05) is 11.9 Å². The molecule has 0 atom stereocenters. The van der Waals surface area contributed by atoms with Gasteiger partial charge in [0.2, 0.25) is 10.0 Å². The van der Waals surface area contributed by atoms with Gasteiger partial charge in [-0.05, 0) is 74.4 Å². The Morgan fingerprint density at radius 2 is 1.21 bits per heavy atom. The maximum Gasteiger partial charge on any atom is 0.263 e. The standard InChI is InChI=1S/C23H25N3O4S3/c1-17-3-9-20(10-4-17)25-23(31)26-33(29,30)22-13-7-19(8-14-22)15-16-24-32(27,28)21-11-5-18(2)6-12-21/h3-14,24H,15-16H2,1-2H3,(H2,25,26,31). The van der Waals surface area contributed by atoms with E-state index in [4.69, 9.17) is 12.2 Å². The molecule has 3 aromatic carbocycles. The highest BCUT2D eigenvalue weighted by Crippen LogP contribution is 2.14. The van der Waals surface area contributed by atoms with Crippen molar-refractivity contribution in [1.82, 2.24) is 9.44 Å². The van der Waals surface area contributed by atoms with E-state index in [0.717, 1.165) is 16.7 Å². The van der Waals surface area contributed by atoms with Crippen molar-refractivity contribution in [2.45, 2.75) is 30.1 Å². The van der Waals surface area contributed by atoms with Crippen LogP contribution in [0.15, 0.2) is 82.6 Å². The van der Waals surface area contributed by atoms with E-state index in [9.17, 15) is 16.8 Å². The summed E-state index contributed by atoms with van der Waals surface area (Å²) < 4.78 is 54.8. The second kappa shape index (κ2) is 10.4. The van der Waals surface area contributed by atoms with Crippen molar-refractivity contribution in [3.63, 3.8) is 0 Å². The third kappa shape index (κ3) is 7.10. The van der Waals surface area contributed by atoms with Gasteiger partial charge in [0.25, 0.3) is 10.0 Å². The minimum absolute atomic E-state index is 0.0339. The summed E-state index contributed by atoms with van der Waals surface area (Å²) in [5, 5.41) is 2.81. The average Bonchev–Trinajstić information content (AvgIpc) is 2.75. The molecule has 0 fully saturated rings. The number of nitrogens with one attached hydrogen (secondary N) is 3. The Kier molecular flexibility index (Phi) is 7.85. The minimum Gasteiger partial charge on any atom is -0.332 e. The van der Waals surface area contributed by atoms with Gasteiger partial charge in [-0.25, -0.2) is 21.6 Å². The molecule has 0 aliphatic heterocycles. The first-order valence-electron chi connectivity index (χ1n) is 10.1. The molecule has 0 unspecified atom stereocenters. The SMILES string of the molecule is Cc1ccc(NC(=S)NS(=O)(=O)c2ccc(CCNS(=O)(=O)c3ccc(C)cc3)cc2)cc1. The second-order valence-electron chi connectivity index (χ2n) is 7.53. The molecule has 0 aliphatic carbocycles. The monoisotopic (exact) mass is 503 g/mol. The van der Waals surface area contributed by atoms with Gasteiger partial charge in [-0.2, -0.15) is 0 Å². The van der Waals surface area contributed by atoms with Crippen LogP contribution in [-0.4, -0.2) is 28.5 Å². The lowest BCUT2D eigenvalue weighted by Gasteiger charge is -2.12. The molecule has 3 rings (SSSR count). The summed E-state index contributed by atoms with van der Waals surface area (Å²) in [6.07, 6.45) is 0.409. The zero-order valence-corrected chi connectivity index (χ0v) is 20.6. The normalized spacial score (nSPS) is 11.7. The number of benzene rings is 3. The molecule has 0 aromatic heterocycles. The molecule has 3 aromatic rings. The topological polar surface area (TPSA) is 104 Å². The first kappa shape index (κ1) is 24.8. The highest BCUT2D eigenvalue weighted by Gasteiger charge is 2.16. The van der Waals surface area contributed by atoms with Crippen LogP contribution in [0.1, 0.15) is 16.7 Å². The minimum atomic E-state index is -3.85. The van der Waals surface area contributed by atoms with Crippen LogP contribution in [0.5, 0.6) is 0 Å². The predicted molar refractivity (Wildman–Crippen MR) is 134 cm³/mol. The molecule has 0 aliphatic rings. The summed E-state index contributed by atoms with van der Waals surface area (Å²) in [7, 11) is -7.45. The summed E-state index contributed by atoms with van der Waals surface area (Å²) >= 11 is 5.12. The van der Waals surface area contributed by atoms with Gasteiger partial charge in [-0.3, -0.25) is 4.72 Å². The molecule has 174 valence electrons. The van der Waals surface area contributed by atoms with Crippen molar-refractivity contribution < 1.29 is 16.8 Å². The van der Waals surface area contributed by atoms with E-state index < -0.39 is 20.0 Å². The van der Waals surface area contributed by atoms with Crippen molar-refractivity contribution in [3.8, 4) is 0 Å². The predicted octanol–water partition coefficient (Wildman–Crippen LogP) is 3.50. The van der Waals surface area contributed by atoms with Gasteiger partial charge in [0, 0.05) is 12.2 Å². The van der Waals surface area contributed by atoms with Crippen LogP contribution in [0.2, 0.25) is 0 Å². The lowest BCUT2D eigenvalue weighted by molar-refractivity contribution is 0.581. The molecule has 0 amide bonds. The Labute approximate surface area is 200 Å². The van der Waals surface area contributed by atoms with E-state index in [1.807, 2.05) is 26.0 Å². The quantitative estimate of drug-likeness (QED) is 0.407. The molecular formula is C23H25N3O4S3. The maximum absolute atomic E-state index is 12.6. The van der Waals surface area contributed by atoms with Gasteiger partial charge < -0.3 is 5.32 Å². The zero-order valence-electron chi connectivity index (χ0n) is 18.2. The third-order valence-corrected chi connectivity index (χ3v) is 7.98. The summed E-state index contributed by atoms with van der Waals surface area (Å²) in [5.74, 6) is 0. The second-order valence-corrected chi connectivity index (χ2v) is 11.4. The van der Waals surface area contributed by atoms with Gasteiger partial charge in [0.15, 0.2) is 5.11 Å². The molecule has 33 heavy (non-hydrogen) atoms. The van der Waals surface area contributed by atoms with Crippen LogP contribution in [0, 0.1) is 13.8 Å². The molecule has 0 heterocycles. The summed E-state index contributed by atoms with van der Waals surface area (Å²) in [4.78, 5) is 0.260. The van der Waals surface area contributed by atoms with E-state index in [1.165, 1.54) is 12.1 Å². The lowest BCUT2D eigenvalue weighted by Crippen LogP contribution is -2.34. The molecular weight excluding hydrogens is 478 g/mol. The smallest absolute Gasteiger partial charge is 0.263 e. The molecule has 10 heteroatoms. The largest absolute Gasteiger partial charge is 0.332 e. The van der Waals surface area contributed by atoms with E-state index in [2.05, 4.69) is 14.8 Å². The number of thiocarbonyl (C=S) groups is 1. The van der Waals surface area contributed by atoms with Crippen LogP contribution in [-0.2, 0) is 26.5 Å². The summed E-state index contributed by atoms with van der Waals surface area (Å²) in [6.45, 7) is 4.02. The first-order valence-corrected chi connectivity index (χ1v) is 13.5. The number of sulfonamides is 2. The molecule has 0 saturated heterocycles. The number of hydrogen-bond donors (Lipinski definition) is 3. The molecule has 0 spiro atoms. The molecule has 0 radical (unpaired) electrons. The fourth-order valence-electron chi connectivity index (χ4n) is 2.94. The van der Waals surface area contributed by atoms with E-state index in [-0.39, 0.29) is 21.4 Å². The highest BCUT2D eigenvalue weighted by molar-refractivity contribution is 7.92. The summed E-state index contributed by atoms with van der Waals surface area (Å²) in [5.41, 5.74) is 3.53. The van der Waals surface area contributed by atoms with Crippen LogP contribution < -0.4 is 14.8 Å². The van der Waals surface area contributed by atoms with Crippen LogP contribution in [0.4, 0.5) is 5.69 Å². The van der Waals surface area contributed by atoms with Gasteiger partial charge in [-0.15, -0.1) is 0 Å². The van der Waals surface area contributed by atoms with Gasteiger partial charge >= 0.3 is 0 Å². The van der Waals surface area contributed by atoms with Crippen LogP contribution >= 0.6 is 12.2 Å². The fourth-order valence-corrected chi connectivity index (χ4v) is 5.33. The lowest BCUT2D eigenvalue weighted by atomic mass is 10.2. The highest BCUT2D eigenvalue weighted by atomic mass is 32.2. The summed E-state index contributed by atoms with van der Waals surface area (Å²) in [6, 6.07) is 20.2. The van der Waals surface area contributed by atoms with Gasteiger partial charge in [0.05, 0.1) is 9.79 Å². The van der Waals surface area contributed by atoms with Crippen molar-refractivity contribution in [1.29, 1.82) is 0 Å². The Morgan fingerprint density at radius 3 is 1.79 bits per heavy atom. The number of aryl methyl sites for hydroxylation is 2. The van der Waals surface area contributed by atoms with E-state index in [0.29, 0.717) is 12.1 Å². The third-order valence-electron chi connectivity index (χ3n) is 4.81. The zero-order chi connectivity index (χ0) is 24.1. The van der Waals surface area contributed by atoms with Crippen molar-refractivity contribution in [3.05, 3.63) is 89.5 Å². The van der Waals surface area contributed by atoms with Crippen LogP contribution in [0.3, 0.4) is 0 Å². The molecule has 0 bridgehead atoms. The maximum atomic E-state index is 12.6. The van der Waals surface area contributed by atoms with Crippen molar-refractivity contribution >= 4 is 43.1 Å². The van der Waals surface area contributed by atoms with Crippen LogP contribution in [0.25, 0.3) is 0 Å². The van der Waals surface area contributed by atoms with Gasteiger partial charge in [-0.1, -0.05) is 47.5 Å². The molecule has 3 N–H and O–H groups in total. The molecule has 7 nitrogen and oxygen atoms in total. The molecule has 0 saturated carbocycles. The van der Waals surface area contributed by atoms with E-state index in [1.54, 1.807) is 48.5 Å². The Bertz CT molecular complexity index is 1320. The van der Waals surface area contributed by atoms with E-state index >= 15 is 0 Å². The Balaban J connectivity index is 1.55. The van der Waals surface area contributed by atoms with Gasteiger partial charge in [0.1, 0.15) is 0 Å². The fraction of sp³-hybridized carbons (Fsp3) is 0.174. The van der Waals surface area contributed by atoms with Crippen molar-refractivity contribution in [2.24, 2.45) is 0 Å².